The van der Waals surface area contributed by atoms with Crippen LogP contribution >= 0.6 is 23.2 Å². The first-order valence-electron chi connectivity index (χ1n) is 5.61. The summed E-state index contributed by atoms with van der Waals surface area (Å²) in [6.07, 6.45) is 5.00. The lowest BCUT2D eigenvalue weighted by atomic mass is 10.0. The molecular weight excluding hydrogens is 281 g/mol. The van der Waals surface area contributed by atoms with Gasteiger partial charge in [0, 0.05) is 23.5 Å². The van der Waals surface area contributed by atoms with Crippen LogP contribution in [-0.4, -0.2) is 4.98 Å². The van der Waals surface area contributed by atoms with Crippen LogP contribution in [0.15, 0.2) is 53.4 Å². The van der Waals surface area contributed by atoms with Crippen molar-refractivity contribution in [2.24, 2.45) is 0 Å². The summed E-state index contributed by atoms with van der Waals surface area (Å²) in [6, 6.07) is 12.3. The summed E-state index contributed by atoms with van der Waals surface area (Å²) in [4.78, 5) is 3.98. The normalized spacial score (nSPS) is 10.6. The first kappa shape index (κ1) is 12.3. The average Bonchev–Trinajstić information content (AvgIpc) is 2.97. The van der Waals surface area contributed by atoms with E-state index < -0.39 is 0 Å². The van der Waals surface area contributed by atoms with E-state index in [0.717, 1.165) is 11.1 Å². The van der Waals surface area contributed by atoms with Gasteiger partial charge in [-0.15, -0.1) is 0 Å². The van der Waals surface area contributed by atoms with Gasteiger partial charge in [0.15, 0.2) is 0 Å². The molecule has 0 aliphatic rings. The van der Waals surface area contributed by atoms with Gasteiger partial charge < -0.3 is 4.42 Å². The van der Waals surface area contributed by atoms with Crippen LogP contribution in [0.2, 0.25) is 10.0 Å². The van der Waals surface area contributed by atoms with E-state index in [2.05, 4.69) is 11.1 Å². The summed E-state index contributed by atoms with van der Waals surface area (Å²) in [5.74, 6) is 0.646. The maximum absolute atomic E-state index is 6.34. The number of rotatable bonds is 2. The minimum absolute atomic E-state index is 0.436. The number of benzene rings is 1. The largest absolute Gasteiger partial charge is 0.464 e. The molecule has 3 rings (SSSR count). The Labute approximate surface area is 120 Å². The molecule has 0 aliphatic heterocycles. The third kappa shape index (κ3) is 2.25. The molecule has 3 aromatic rings. The number of halogens is 2. The Morgan fingerprint density at radius 1 is 1.05 bits per heavy atom. The minimum Gasteiger partial charge on any atom is -0.464 e. The van der Waals surface area contributed by atoms with Crippen LogP contribution in [0.25, 0.3) is 22.5 Å². The van der Waals surface area contributed by atoms with Gasteiger partial charge in [0.25, 0.3) is 0 Å². The Kier molecular flexibility index (Phi) is 3.28. The van der Waals surface area contributed by atoms with E-state index in [1.54, 1.807) is 30.8 Å². The third-order valence-electron chi connectivity index (χ3n) is 2.77. The maximum Gasteiger partial charge on any atom is 0.136 e. The maximum atomic E-state index is 6.34. The van der Waals surface area contributed by atoms with Gasteiger partial charge in [-0.25, -0.2) is 0 Å². The number of hydrogen-bond donors (Lipinski definition) is 0. The van der Waals surface area contributed by atoms with Crippen LogP contribution in [0.1, 0.15) is 0 Å². The van der Waals surface area contributed by atoms with Crippen LogP contribution in [0.3, 0.4) is 0 Å². The Hall–Kier alpha value is -1.77. The summed E-state index contributed by atoms with van der Waals surface area (Å²) >= 11 is 12.6. The SMILES string of the molecule is Clc1c(-c2ccco2)[c]cc(-c2ccncc2)c1Cl. The Morgan fingerprint density at radius 2 is 1.84 bits per heavy atom. The zero-order valence-corrected chi connectivity index (χ0v) is 11.2. The van der Waals surface area contributed by atoms with Crippen molar-refractivity contribution >= 4 is 23.2 Å². The molecule has 0 unspecified atom stereocenters. The molecule has 0 saturated carbocycles. The predicted octanol–water partition coefficient (Wildman–Crippen LogP) is 5.12. The van der Waals surface area contributed by atoms with Gasteiger partial charge in [-0.3, -0.25) is 4.98 Å². The van der Waals surface area contributed by atoms with Crippen LogP contribution in [0.4, 0.5) is 0 Å². The molecular formula is C15H8Cl2NO. The number of furan rings is 1. The molecule has 93 valence electrons. The highest BCUT2D eigenvalue weighted by atomic mass is 35.5. The molecule has 1 radical (unpaired) electrons. The number of hydrogen-bond acceptors (Lipinski definition) is 2. The van der Waals surface area contributed by atoms with Gasteiger partial charge in [-0.2, -0.15) is 0 Å². The molecule has 2 nitrogen and oxygen atoms in total. The van der Waals surface area contributed by atoms with Crippen molar-refractivity contribution in [2.75, 3.05) is 0 Å². The molecule has 0 fully saturated rings. The minimum atomic E-state index is 0.436. The molecule has 19 heavy (non-hydrogen) atoms. The van der Waals surface area contributed by atoms with Crippen LogP contribution < -0.4 is 0 Å². The Morgan fingerprint density at radius 3 is 2.53 bits per heavy atom. The summed E-state index contributed by atoms with van der Waals surface area (Å²) in [7, 11) is 0. The molecule has 0 amide bonds. The fourth-order valence-electron chi connectivity index (χ4n) is 1.84. The smallest absolute Gasteiger partial charge is 0.136 e. The van der Waals surface area contributed by atoms with E-state index in [9.17, 15) is 0 Å². The Bertz CT molecular complexity index is 694. The van der Waals surface area contributed by atoms with Crippen molar-refractivity contribution in [2.45, 2.75) is 0 Å². The molecule has 0 N–H and O–H groups in total. The number of aromatic nitrogens is 1. The molecule has 0 bridgehead atoms. The summed E-state index contributed by atoms with van der Waals surface area (Å²) in [6.45, 7) is 0. The monoisotopic (exact) mass is 288 g/mol. The third-order valence-corrected chi connectivity index (χ3v) is 3.64. The number of pyridine rings is 1. The molecule has 0 saturated heterocycles. The zero-order chi connectivity index (χ0) is 13.2. The van der Waals surface area contributed by atoms with Crippen molar-refractivity contribution in [3.63, 3.8) is 0 Å². The zero-order valence-electron chi connectivity index (χ0n) is 9.73. The second-order valence-corrected chi connectivity index (χ2v) is 4.67. The molecule has 0 spiro atoms. The van der Waals surface area contributed by atoms with Gasteiger partial charge in [-0.1, -0.05) is 23.2 Å². The topological polar surface area (TPSA) is 26.0 Å². The highest BCUT2D eigenvalue weighted by Gasteiger charge is 2.14. The first-order chi connectivity index (χ1) is 9.27. The van der Waals surface area contributed by atoms with Gasteiger partial charge in [0.1, 0.15) is 5.76 Å². The van der Waals surface area contributed by atoms with E-state index in [4.69, 9.17) is 27.6 Å². The van der Waals surface area contributed by atoms with Gasteiger partial charge >= 0.3 is 0 Å². The molecule has 0 atom stereocenters. The summed E-state index contributed by atoms with van der Waals surface area (Å²) in [5.41, 5.74) is 2.43. The van der Waals surface area contributed by atoms with Crippen molar-refractivity contribution in [3.8, 4) is 22.5 Å². The quantitative estimate of drug-likeness (QED) is 0.654. The van der Waals surface area contributed by atoms with Crippen molar-refractivity contribution in [1.29, 1.82) is 0 Å². The van der Waals surface area contributed by atoms with E-state index in [-0.39, 0.29) is 0 Å². The van der Waals surface area contributed by atoms with E-state index in [1.807, 2.05) is 18.2 Å². The second kappa shape index (κ2) is 5.08. The standard InChI is InChI=1S/C15H8Cl2NO/c16-14-11(10-5-7-18-8-6-10)3-4-12(15(14)17)13-2-1-9-19-13/h1-3,5-9H. The van der Waals surface area contributed by atoms with Crippen molar-refractivity contribution in [3.05, 3.63) is 65.1 Å². The second-order valence-electron chi connectivity index (χ2n) is 3.92. The fourth-order valence-corrected chi connectivity index (χ4v) is 2.35. The summed E-state index contributed by atoms with van der Waals surface area (Å²) < 4.78 is 5.32. The average molecular weight is 289 g/mol. The van der Waals surface area contributed by atoms with E-state index in [0.29, 0.717) is 21.4 Å². The first-order valence-corrected chi connectivity index (χ1v) is 6.37. The molecule has 0 aliphatic carbocycles. The molecule has 2 aromatic heterocycles. The lowest BCUT2D eigenvalue weighted by Crippen LogP contribution is -1.85. The lowest BCUT2D eigenvalue weighted by molar-refractivity contribution is 0.582. The van der Waals surface area contributed by atoms with Crippen LogP contribution in [-0.2, 0) is 0 Å². The van der Waals surface area contributed by atoms with Gasteiger partial charge in [-0.05, 0) is 42.0 Å². The fraction of sp³-hybridized carbons (Fsp3) is 0. The molecule has 2 heterocycles. The summed E-state index contributed by atoms with van der Waals surface area (Å²) in [5, 5.41) is 0.920. The highest BCUT2D eigenvalue weighted by molar-refractivity contribution is 6.45. The molecule has 4 heteroatoms. The van der Waals surface area contributed by atoms with Crippen LogP contribution in [0, 0.1) is 6.07 Å². The van der Waals surface area contributed by atoms with E-state index >= 15 is 0 Å². The number of nitrogens with zero attached hydrogens (tertiary/aromatic N) is 1. The highest BCUT2D eigenvalue weighted by Crippen LogP contribution is 2.39. The lowest BCUT2D eigenvalue weighted by Gasteiger charge is -2.08. The van der Waals surface area contributed by atoms with Gasteiger partial charge in [0.2, 0.25) is 0 Å². The van der Waals surface area contributed by atoms with Crippen molar-refractivity contribution < 1.29 is 4.42 Å². The Balaban J connectivity index is 2.14. The van der Waals surface area contributed by atoms with Crippen molar-refractivity contribution in [1.82, 2.24) is 4.98 Å². The van der Waals surface area contributed by atoms with E-state index in [1.165, 1.54) is 0 Å². The van der Waals surface area contributed by atoms with Crippen LogP contribution in [0.5, 0.6) is 0 Å². The molecule has 1 aromatic carbocycles. The predicted molar refractivity (Wildman–Crippen MR) is 76.2 cm³/mol. The van der Waals surface area contributed by atoms with Gasteiger partial charge in [0.05, 0.1) is 16.3 Å².